The van der Waals surface area contributed by atoms with Gasteiger partial charge in [-0.25, -0.2) is 0 Å². The molecule has 0 aromatic heterocycles. The maximum absolute atomic E-state index is 5.74. The van der Waals surface area contributed by atoms with Gasteiger partial charge in [0, 0.05) is 6.54 Å². The van der Waals surface area contributed by atoms with Crippen LogP contribution in [0.4, 0.5) is 0 Å². The van der Waals surface area contributed by atoms with Crippen LogP contribution in [-0.4, -0.2) is 29.0 Å². The van der Waals surface area contributed by atoms with Gasteiger partial charge >= 0.3 is 0 Å². The zero-order chi connectivity index (χ0) is 10.7. The molecule has 0 aromatic carbocycles. The molecule has 0 saturated carbocycles. The Bertz CT molecular complexity index is 203. The minimum Gasteiger partial charge on any atom is -0.392 e. The van der Waals surface area contributed by atoms with Gasteiger partial charge in [-0.3, -0.25) is 4.90 Å². The number of likely N-dealkylation sites (tertiary alicyclic amines) is 1. The van der Waals surface area contributed by atoms with Crippen molar-refractivity contribution in [2.45, 2.75) is 39.7 Å². The van der Waals surface area contributed by atoms with Gasteiger partial charge in [0.25, 0.3) is 0 Å². The first-order valence-corrected chi connectivity index (χ1v) is 6.00. The lowest BCUT2D eigenvalue weighted by Gasteiger charge is -2.26. The molecule has 1 aliphatic rings. The Balaban J connectivity index is 2.51. The smallest absolute Gasteiger partial charge is 0.0901 e. The van der Waals surface area contributed by atoms with Crippen molar-refractivity contribution in [2.24, 2.45) is 17.6 Å². The first-order chi connectivity index (χ1) is 6.56. The molecule has 2 atom stereocenters. The molecular weight excluding hydrogens is 192 g/mol. The molecule has 1 heterocycles. The molecule has 0 amide bonds. The van der Waals surface area contributed by atoms with Crippen molar-refractivity contribution in [3.05, 3.63) is 0 Å². The normalized spacial score (nSPS) is 25.6. The highest BCUT2D eigenvalue weighted by molar-refractivity contribution is 7.80. The summed E-state index contributed by atoms with van der Waals surface area (Å²) in [6, 6.07) is 0.328. The number of thiocarbonyl (C=S) groups is 1. The van der Waals surface area contributed by atoms with Gasteiger partial charge in [-0.05, 0) is 31.2 Å². The van der Waals surface area contributed by atoms with Crippen LogP contribution in [0.25, 0.3) is 0 Å². The van der Waals surface area contributed by atoms with Crippen LogP contribution in [0.1, 0.15) is 33.6 Å². The van der Waals surface area contributed by atoms with Crippen molar-refractivity contribution in [1.82, 2.24) is 4.90 Å². The molecular formula is C11H22N2S. The monoisotopic (exact) mass is 214 g/mol. The maximum atomic E-state index is 5.74. The average Bonchev–Trinajstić information content (AvgIpc) is 2.53. The molecule has 2 nitrogen and oxygen atoms in total. The third-order valence-corrected chi connectivity index (χ3v) is 3.63. The third kappa shape index (κ3) is 2.67. The van der Waals surface area contributed by atoms with Crippen LogP contribution >= 0.6 is 12.2 Å². The number of hydrogen-bond donors (Lipinski definition) is 1. The molecule has 0 spiro atoms. The quantitative estimate of drug-likeness (QED) is 0.726. The van der Waals surface area contributed by atoms with E-state index in [-0.39, 0.29) is 0 Å². The Kier molecular flexibility index (Phi) is 4.32. The van der Waals surface area contributed by atoms with Gasteiger partial charge in [-0.2, -0.15) is 0 Å². The molecule has 2 N–H and O–H groups in total. The highest BCUT2D eigenvalue weighted by atomic mass is 32.1. The van der Waals surface area contributed by atoms with Gasteiger partial charge < -0.3 is 5.73 Å². The van der Waals surface area contributed by atoms with E-state index < -0.39 is 0 Å². The maximum Gasteiger partial charge on any atom is 0.0901 e. The summed E-state index contributed by atoms with van der Waals surface area (Å²) < 4.78 is 0. The lowest BCUT2D eigenvalue weighted by Crippen LogP contribution is -2.42. The van der Waals surface area contributed by atoms with Gasteiger partial charge in [0.15, 0.2) is 0 Å². The molecule has 1 aliphatic heterocycles. The first-order valence-electron chi connectivity index (χ1n) is 5.59. The van der Waals surface area contributed by atoms with Gasteiger partial charge in [0.05, 0.1) is 11.0 Å². The Hall–Kier alpha value is -0.150. The molecule has 1 fully saturated rings. The number of nitrogens with two attached hydrogens (primary N) is 1. The molecule has 0 bridgehead atoms. The van der Waals surface area contributed by atoms with E-state index in [2.05, 4.69) is 25.7 Å². The molecule has 82 valence electrons. The highest BCUT2D eigenvalue weighted by Gasteiger charge is 2.29. The van der Waals surface area contributed by atoms with Gasteiger partial charge in [-0.1, -0.05) is 33.0 Å². The van der Waals surface area contributed by atoms with E-state index in [9.17, 15) is 0 Å². The Labute approximate surface area is 92.8 Å². The van der Waals surface area contributed by atoms with Crippen LogP contribution in [-0.2, 0) is 0 Å². The van der Waals surface area contributed by atoms with E-state index in [1.54, 1.807) is 0 Å². The highest BCUT2D eigenvalue weighted by Crippen LogP contribution is 2.25. The fourth-order valence-electron chi connectivity index (χ4n) is 2.28. The van der Waals surface area contributed by atoms with E-state index in [1.807, 2.05) is 0 Å². The van der Waals surface area contributed by atoms with E-state index >= 15 is 0 Å². The zero-order valence-corrected chi connectivity index (χ0v) is 10.3. The fourth-order valence-corrected chi connectivity index (χ4v) is 2.60. The molecule has 1 rings (SSSR count). The topological polar surface area (TPSA) is 29.3 Å². The average molecular weight is 214 g/mol. The van der Waals surface area contributed by atoms with Crippen molar-refractivity contribution < 1.29 is 0 Å². The minimum atomic E-state index is 0.328. The van der Waals surface area contributed by atoms with Crippen LogP contribution in [0.15, 0.2) is 0 Å². The standard InChI is InChI=1S/C11H22N2S/c1-4-10(11(12)14)13-6-5-9(7-13)8(2)3/h8-10H,4-7H2,1-3H3,(H2,12,14). The van der Waals surface area contributed by atoms with Gasteiger partial charge in [-0.15, -0.1) is 0 Å². The van der Waals surface area contributed by atoms with Crippen LogP contribution in [0.5, 0.6) is 0 Å². The fraction of sp³-hybridized carbons (Fsp3) is 0.909. The second-order valence-corrected chi connectivity index (χ2v) is 5.09. The summed E-state index contributed by atoms with van der Waals surface area (Å²) in [5.74, 6) is 1.61. The number of rotatable bonds is 4. The first kappa shape index (κ1) is 11.9. The SMILES string of the molecule is CCC(C(N)=S)N1CCC(C(C)C)C1. The predicted octanol–water partition coefficient (Wildman–Crippen LogP) is 2.03. The van der Waals surface area contributed by atoms with Crippen LogP contribution in [0.2, 0.25) is 0 Å². The van der Waals surface area contributed by atoms with E-state index in [0.717, 1.165) is 18.3 Å². The summed E-state index contributed by atoms with van der Waals surface area (Å²) in [5.41, 5.74) is 5.74. The number of hydrogen-bond acceptors (Lipinski definition) is 2. The Morgan fingerprint density at radius 3 is 2.57 bits per heavy atom. The largest absolute Gasteiger partial charge is 0.392 e. The van der Waals surface area contributed by atoms with Crippen LogP contribution in [0, 0.1) is 11.8 Å². The molecule has 0 aliphatic carbocycles. The Morgan fingerprint density at radius 2 is 2.21 bits per heavy atom. The van der Waals surface area contributed by atoms with Crippen molar-refractivity contribution in [1.29, 1.82) is 0 Å². The zero-order valence-electron chi connectivity index (χ0n) is 9.49. The lowest BCUT2D eigenvalue weighted by atomic mass is 9.95. The van der Waals surface area contributed by atoms with E-state index in [1.165, 1.54) is 19.5 Å². The van der Waals surface area contributed by atoms with E-state index in [4.69, 9.17) is 18.0 Å². The van der Waals surface area contributed by atoms with E-state index in [0.29, 0.717) is 11.0 Å². The summed E-state index contributed by atoms with van der Waals surface area (Å²) in [6.45, 7) is 9.10. The van der Waals surface area contributed by atoms with Gasteiger partial charge in [0.1, 0.15) is 0 Å². The minimum absolute atomic E-state index is 0.328. The predicted molar refractivity (Wildman–Crippen MR) is 65.4 cm³/mol. The van der Waals surface area contributed by atoms with Crippen molar-refractivity contribution in [3.8, 4) is 0 Å². The lowest BCUT2D eigenvalue weighted by molar-refractivity contribution is 0.269. The molecule has 14 heavy (non-hydrogen) atoms. The molecule has 3 heteroatoms. The Morgan fingerprint density at radius 1 is 1.57 bits per heavy atom. The van der Waals surface area contributed by atoms with Crippen molar-refractivity contribution in [2.75, 3.05) is 13.1 Å². The summed E-state index contributed by atoms with van der Waals surface area (Å²) in [7, 11) is 0. The summed E-state index contributed by atoms with van der Waals surface area (Å²) >= 11 is 5.09. The van der Waals surface area contributed by atoms with Crippen LogP contribution in [0.3, 0.4) is 0 Å². The molecule has 2 unspecified atom stereocenters. The molecule has 0 aromatic rings. The molecule has 0 radical (unpaired) electrons. The van der Waals surface area contributed by atoms with Crippen molar-refractivity contribution >= 4 is 17.2 Å². The molecule has 1 saturated heterocycles. The second kappa shape index (κ2) is 5.08. The van der Waals surface area contributed by atoms with Gasteiger partial charge in [0.2, 0.25) is 0 Å². The van der Waals surface area contributed by atoms with Crippen LogP contribution < -0.4 is 5.73 Å². The second-order valence-electron chi connectivity index (χ2n) is 4.61. The third-order valence-electron chi connectivity index (χ3n) is 3.35. The summed E-state index contributed by atoms with van der Waals surface area (Å²) in [6.07, 6.45) is 2.34. The van der Waals surface area contributed by atoms with Crippen molar-refractivity contribution in [3.63, 3.8) is 0 Å². The summed E-state index contributed by atoms with van der Waals surface area (Å²) in [5, 5.41) is 0. The number of nitrogens with zero attached hydrogens (tertiary/aromatic N) is 1. The summed E-state index contributed by atoms with van der Waals surface area (Å²) in [4.78, 5) is 3.12.